The Kier molecular flexibility index (Phi) is 6.63. The van der Waals surface area contributed by atoms with E-state index in [1.807, 2.05) is 19.0 Å². The molecule has 0 heterocycles. The van der Waals surface area contributed by atoms with Gasteiger partial charge in [0.25, 0.3) is 15.9 Å². The van der Waals surface area contributed by atoms with Crippen molar-refractivity contribution in [3.8, 4) is 0 Å². The molecule has 0 radical (unpaired) electrons. The Morgan fingerprint density at radius 1 is 1.08 bits per heavy atom. The number of benzene rings is 2. The standard InChI is InChI=1S/C18H22ClN3O3S/c1-21(2)12-11-20-18(23)16-10-9-14(13-17(16)19)22(3)26(24,25)15-7-5-4-6-8-15/h4-10,13H,11-12H2,1-3H3,(H,20,23). The Hall–Kier alpha value is -2.09. The molecular formula is C18H22ClN3O3S. The first kappa shape index (κ1) is 20.2. The highest BCUT2D eigenvalue weighted by Gasteiger charge is 2.22. The van der Waals surface area contributed by atoms with E-state index in [1.54, 1.807) is 24.3 Å². The van der Waals surface area contributed by atoms with Gasteiger partial charge in [-0.05, 0) is 44.4 Å². The zero-order valence-electron chi connectivity index (χ0n) is 14.9. The molecular weight excluding hydrogens is 374 g/mol. The summed E-state index contributed by atoms with van der Waals surface area (Å²) >= 11 is 6.21. The number of halogens is 1. The molecule has 0 unspecified atom stereocenters. The van der Waals surface area contributed by atoms with Gasteiger partial charge in [-0.1, -0.05) is 29.8 Å². The second kappa shape index (κ2) is 8.53. The normalized spacial score (nSPS) is 11.4. The summed E-state index contributed by atoms with van der Waals surface area (Å²) < 4.78 is 26.5. The van der Waals surface area contributed by atoms with Crippen molar-refractivity contribution in [2.45, 2.75) is 4.90 Å². The summed E-state index contributed by atoms with van der Waals surface area (Å²) in [7, 11) is 1.58. The van der Waals surface area contributed by atoms with Crippen molar-refractivity contribution in [2.24, 2.45) is 0 Å². The van der Waals surface area contributed by atoms with Crippen molar-refractivity contribution >= 4 is 33.2 Å². The van der Waals surface area contributed by atoms with E-state index in [1.165, 1.54) is 31.3 Å². The van der Waals surface area contributed by atoms with E-state index < -0.39 is 10.0 Å². The van der Waals surface area contributed by atoms with E-state index in [9.17, 15) is 13.2 Å². The highest BCUT2D eigenvalue weighted by molar-refractivity contribution is 7.92. The summed E-state index contributed by atoms with van der Waals surface area (Å²) in [5.41, 5.74) is 0.684. The highest BCUT2D eigenvalue weighted by Crippen LogP contribution is 2.27. The van der Waals surface area contributed by atoms with Crippen molar-refractivity contribution < 1.29 is 13.2 Å². The van der Waals surface area contributed by atoms with Crippen LogP contribution >= 0.6 is 11.6 Å². The minimum absolute atomic E-state index is 0.184. The number of hydrogen-bond acceptors (Lipinski definition) is 4. The van der Waals surface area contributed by atoms with Crippen LogP contribution in [0.1, 0.15) is 10.4 Å². The molecule has 0 fully saturated rings. The predicted octanol–water partition coefficient (Wildman–Crippen LogP) is 2.46. The minimum Gasteiger partial charge on any atom is -0.351 e. The second-order valence-electron chi connectivity index (χ2n) is 6.01. The lowest BCUT2D eigenvalue weighted by atomic mass is 10.2. The molecule has 0 atom stereocenters. The lowest BCUT2D eigenvalue weighted by Crippen LogP contribution is -2.31. The number of nitrogens with zero attached hydrogens (tertiary/aromatic N) is 2. The zero-order valence-corrected chi connectivity index (χ0v) is 16.5. The fraction of sp³-hybridized carbons (Fsp3) is 0.278. The van der Waals surface area contributed by atoms with Gasteiger partial charge in [0.15, 0.2) is 0 Å². The van der Waals surface area contributed by atoms with Gasteiger partial charge in [-0.3, -0.25) is 9.10 Å². The zero-order chi connectivity index (χ0) is 19.3. The van der Waals surface area contributed by atoms with Crippen LogP contribution in [-0.2, 0) is 10.0 Å². The smallest absolute Gasteiger partial charge is 0.264 e. The number of likely N-dealkylation sites (N-methyl/N-ethyl adjacent to an activating group) is 1. The summed E-state index contributed by atoms with van der Waals surface area (Å²) in [4.78, 5) is 14.3. The van der Waals surface area contributed by atoms with Crippen molar-refractivity contribution in [3.63, 3.8) is 0 Å². The number of rotatable bonds is 7. The number of sulfonamides is 1. The monoisotopic (exact) mass is 395 g/mol. The SMILES string of the molecule is CN(C)CCNC(=O)c1ccc(N(C)S(=O)(=O)c2ccccc2)cc1Cl. The Balaban J connectivity index is 2.19. The van der Waals surface area contributed by atoms with Gasteiger partial charge in [-0.25, -0.2) is 8.42 Å². The van der Waals surface area contributed by atoms with Gasteiger partial charge in [0.1, 0.15) is 0 Å². The molecule has 1 N–H and O–H groups in total. The molecule has 0 saturated heterocycles. The summed E-state index contributed by atoms with van der Waals surface area (Å²) in [6, 6.07) is 12.7. The van der Waals surface area contributed by atoms with Crippen LogP contribution < -0.4 is 9.62 Å². The topological polar surface area (TPSA) is 69.7 Å². The van der Waals surface area contributed by atoms with E-state index in [4.69, 9.17) is 11.6 Å². The number of hydrogen-bond donors (Lipinski definition) is 1. The molecule has 8 heteroatoms. The van der Waals surface area contributed by atoms with E-state index in [-0.39, 0.29) is 15.8 Å². The lowest BCUT2D eigenvalue weighted by molar-refractivity contribution is 0.0951. The van der Waals surface area contributed by atoms with Crippen LogP contribution in [0.3, 0.4) is 0 Å². The van der Waals surface area contributed by atoms with E-state index in [0.717, 1.165) is 4.31 Å². The maximum atomic E-state index is 12.7. The van der Waals surface area contributed by atoms with Crippen LogP contribution in [0.25, 0.3) is 0 Å². The van der Waals surface area contributed by atoms with Crippen LogP contribution in [0, 0.1) is 0 Å². The molecule has 0 bridgehead atoms. The first-order valence-electron chi connectivity index (χ1n) is 8.00. The van der Waals surface area contributed by atoms with Gasteiger partial charge < -0.3 is 10.2 Å². The third kappa shape index (κ3) is 4.75. The summed E-state index contributed by atoms with van der Waals surface area (Å²) in [5, 5.41) is 2.97. The Morgan fingerprint density at radius 3 is 2.31 bits per heavy atom. The molecule has 0 aliphatic heterocycles. The molecule has 0 aliphatic carbocycles. The molecule has 2 rings (SSSR count). The Morgan fingerprint density at radius 2 is 1.73 bits per heavy atom. The fourth-order valence-electron chi connectivity index (χ4n) is 2.26. The van der Waals surface area contributed by atoms with Crippen molar-refractivity contribution in [3.05, 3.63) is 59.1 Å². The third-order valence-electron chi connectivity index (χ3n) is 3.81. The number of amides is 1. The summed E-state index contributed by atoms with van der Waals surface area (Å²) in [6.45, 7) is 1.20. The van der Waals surface area contributed by atoms with E-state index >= 15 is 0 Å². The van der Waals surface area contributed by atoms with Gasteiger partial charge >= 0.3 is 0 Å². The Bertz CT molecular complexity index is 871. The van der Waals surface area contributed by atoms with Gasteiger partial charge in [0.05, 0.1) is 21.2 Å². The molecule has 0 aliphatic rings. The van der Waals surface area contributed by atoms with Crippen LogP contribution in [-0.4, -0.2) is 53.5 Å². The fourth-order valence-corrected chi connectivity index (χ4v) is 3.73. The van der Waals surface area contributed by atoms with Crippen molar-refractivity contribution in [1.29, 1.82) is 0 Å². The van der Waals surface area contributed by atoms with Gasteiger partial charge in [-0.2, -0.15) is 0 Å². The molecule has 2 aromatic carbocycles. The van der Waals surface area contributed by atoms with Gasteiger partial charge in [0, 0.05) is 20.1 Å². The number of nitrogens with one attached hydrogen (secondary N) is 1. The average Bonchev–Trinajstić information content (AvgIpc) is 2.61. The second-order valence-corrected chi connectivity index (χ2v) is 8.39. The average molecular weight is 396 g/mol. The predicted molar refractivity (Wildman–Crippen MR) is 104 cm³/mol. The molecule has 0 aromatic heterocycles. The maximum absolute atomic E-state index is 12.7. The molecule has 26 heavy (non-hydrogen) atoms. The van der Waals surface area contributed by atoms with Crippen LogP contribution in [0.4, 0.5) is 5.69 Å². The molecule has 2 aromatic rings. The van der Waals surface area contributed by atoms with Crippen molar-refractivity contribution in [2.75, 3.05) is 38.5 Å². The maximum Gasteiger partial charge on any atom is 0.264 e. The molecule has 6 nitrogen and oxygen atoms in total. The van der Waals surface area contributed by atoms with Crippen LogP contribution in [0.5, 0.6) is 0 Å². The third-order valence-corrected chi connectivity index (χ3v) is 5.92. The van der Waals surface area contributed by atoms with Crippen LogP contribution in [0.15, 0.2) is 53.4 Å². The van der Waals surface area contributed by atoms with E-state index in [0.29, 0.717) is 24.3 Å². The highest BCUT2D eigenvalue weighted by atomic mass is 35.5. The van der Waals surface area contributed by atoms with Gasteiger partial charge in [0.2, 0.25) is 0 Å². The van der Waals surface area contributed by atoms with Gasteiger partial charge in [-0.15, -0.1) is 0 Å². The quantitative estimate of drug-likeness (QED) is 0.781. The molecule has 140 valence electrons. The van der Waals surface area contributed by atoms with E-state index in [2.05, 4.69) is 5.32 Å². The Labute approximate surface area is 159 Å². The molecule has 0 saturated carbocycles. The lowest BCUT2D eigenvalue weighted by Gasteiger charge is -2.20. The summed E-state index contributed by atoms with van der Waals surface area (Å²) in [5.74, 6) is -0.294. The largest absolute Gasteiger partial charge is 0.351 e. The number of carbonyl (C=O) groups excluding carboxylic acids is 1. The first-order valence-corrected chi connectivity index (χ1v) is 9.81. The molecule has 1 amide bonds. The number of carbonyl (C=O) groups is 1. The van der Waals surface area contributed by atoms with Crippen LogP contribution in [0.2, 0.25) is 5.02 Å². The first-order chi connectivity index (χ1) is 12.2. The van der Waals surface area contributed by atoms with Crippen molar-refractivity contribution in [1.82, 2.24) is 10.2 Å². The molecule has 0 spiro atoms. The number of anilines is 1. The summed E-state index contributed by atoms with van der Waals surface area (Å²) in [6.07, 6.45) is 0. The minimum atomic E-state index is -3.70.